The van der Waals surface area contributed by atoms with Crippen LogP contribution in [0.15, 0.2) is 72.8 Å². The van der Waals surface area contributed by atoms with Gasteiger partial charge in [-0.15, -0.1) is 0 Å². The molecule has 8 nitrogen and oxygen atoms in total. The van der Waals surface area contributed by atoms with Gasteiger partial charge in [-0.3, -0.25) is 0 Å². The first kappa shape index (κ1) is 37.1. The van der Waals surface area contributed by atoms with Crippen LogP contribution in [-0.4, -0.2) is 78.5 Å². The van der Waals surface area contributed by atoms with Gasteiger partial charge in [-0.2, -0.15) is 0 Å². The minimum Gasteiger partial charge on any atom is -0.491 e. The minimum atomic E-state index is -1.26. The number of aliphatic hydroxyl groups excluding tert-OH is 2. The molecule has 2 aromatic carbocycles. The highest BCUT2D eigenvalue weighted by atomic mass is 16.5. The third-order valence-corrected chi connectivity index (χ3v) is 10.5. The lowest BCUT2D eigenvalue weighted by Crippen LogP contribution is -2.52. The summed E-state index contributed by atoms with van der Waals surface area (Å²) in [4.78, 5) is 0. The van der Waals surface area contributed by atoms with Crippen molar-refractivity contribution in [3.05, 3.63) is 84.0 Å². The van der Waals surface area contributed by atoms with Gasteiger partial charge in [0.1, 0.15) is 24.7 Å². The molecule has 0 heterocycles. The summed E-state index contributed by atoms with van der Waals surface area (Å²) in [7, 11) is 0. The molecular weight excluding hydrogens is 596 g/mol. The maximum atomic E-state index is 11.3. The summed E-state index contributed by atoms with van der Waals surface area (Å²) in [6.45, 7) is 15.3. The van der Waals surface area contributed by atoms with Gasteiger partial charge in [0.2, 0.25) is 0 Å². The van der Waals surface area contributed by atoms with Gasteiger partial charge in [-0.05, 0) is 62.1 Å². The third kappa shape index (κ3) is 8.48. The number of ether oxygens (including phenoxy) is 2. The van der Waals surface area contributed by atoms with Crippen LogP contribution >= 0.6 is 0 Å². The fraction of sp³-hybridized carbons (Fsp3) is 0.590. The molecule has 0 fully saturated rings. The van der Waals surface area contributed by atoms with Gasteiger partial charge in [0.25, 0.3) is 0 Å². The summed E-state index contributed by atoms with van der Waals surface area (Å²) in [6.07, 6.45) is 5.57. The van der Waals surface area contributed by atoms with Gasteiger partial charge < -0.3 is 40.1 Å². The van der Waals surface area contributed by atoms with Crippen molar-refractivity contribution in [2.45, 2.75) is 121 Å². The third-order valence-electron chi connectivity index (χ3n) is 10.5. The molecule has 0 aromatic heterocycles. The molecule has 4 rings (SSSR count). The summed E-state index contributed by atoms with van der Waals surface area (Å²) in [5.41, 5.74) is -3.94. The number of rotatable bonds is 12. The van der Waals surface area contributed by atoms with E-state index in [9.17, 15) is 30.6 Å². The Kier molecular flexibility index (Phi) is 10.2. The average molecular weight is 653 g/mol. The van der Waals surface area contributed by atoms with Crippen LogP contribution in [0.2, 0.25) is 0 Å². The van der Waals surface area contributed by atoms with Crippen LogP contribution in [0.5, 0.6) is 11.5 Å². The molecule has 2 aliphatic rings. The lowest BCUT2D eigenvalue weighted by atomic mass is 9.63. The van der Waals surface area contributed by atoms with E-state index in [4.69, 9.17) is 9.47 Å². The number of benzene rings is 2. The Bertz CT molecular complexity index is 1310. The summed E-state index contributed by atoms with van der Waals surface area (Å²) < 4.78 is 11.7. The van der Waals surface area contributed by atoms with Crippen LogP contribution in [-0.2, 0) is 5.41 Å². The zero-order chi connectivity index (χ0) is 35.1. The fourth-order valence-corrected chi connectivity index (χ4v) is 7.31. The Morgan fingerprint density at radius 2 is 0.894 bits per heavy atom. The van der Waals surface area contributed by atoms with Crippen molar-refractivity contribution in [3.8, 4) is 11.5 Å². The van der Waals surface area contributed by atoms with E-state index < -0.39 is 45.4 Å². The van der Waals surface area contributed by atoms with Crippen LogP contribution in [0.4, 0.5) is 0 Å². The quantitative estimate of drug-likeness (QED) is 0.172. The first-order chi connectivity index (χ1) is 21.5. The molecule has 0 saturated carbocycles. The van der Waals surface area contributed by atoms with E-state index in [0.717, 1.165) is 11.1 Å². The van der Waals surface area contributed by atoms with Gasteiger partial charge >= 0.3 is 0 Å². The van der Waals surface area contributed by atoms with Crippen molar-refractivity contribution in [3.63, 3.8) is 0 Å². The Labute approximate surface area is 280 Å². The van der Waals surface area contributed by atoms with Crippen molar-refractivity contribution in [2.75, 3.05) is 13.2 Å². The highest BCUT2D eigenvalue weighted by Gasteiger charge is 2.50. The summed E-state index contributed by atoms with van der Waals surface area (Å²) in [5, 5.41) is 64.7. The molecule has 0 saturated heterocycles. The van der Waals surface area contributed by atoms with E-state index in [1.54, 1.807) is 38.2 Å². The molecule has 2 aliphatic carbocycles. The van der Waals surface area contributed by atoms with E-state index in [1.807, 2.05) is 76.2 Å². The molecule has 0 spiro atoms. The van der Waals surface area contributed by atoms with E-state index in [0.29, 0.717) is 24.3 Å². The lowest BCUT2D eigenvalue weighted by Gasteiger charge is -2.48. The molecule has 0 aliphatic heterocycles. The number of hydrogen-bond acceptors (Lipinski definition) is 8. The first-order valence-corrected chi connectivity index (χ1v) is 16.6. The maximum Gasteiger partial charge on any atom is 0.119 e. The molecule has 260 valence electrons. The van der Waals surface area contributed by atoms with Crippen LogP contribution in [0.1, 0.15) is 92.2 Å². The minimum absolute atomic E-state index is 0.0252. The van der Waals surface area contributed by atoms with E-state index >= 15 is 0 Å². The smallest absolute Gasteiger partial charge is 0.119 e. The van der Waals surface area contributed by atoms with Crippen molar-refractivity contribution in [1.29, 1.82) is 0 Å². The molecule has 0 bridgehead atoms. The predicted molar refractivity (Wildman–Crippen MR) is 183 cm³/mol. The second-order valence-electron chi connectivity index (χ2n) is 16.4. The topological polar surface area (TPSA) is 140 Å². The van der Waals surface area contributed by atoms with E-state index in [-0.39, 0.29) is 31.5 Å². The second kappa shape index (κ2) is 13.0. The fourth-order valence-electron chi connectivity index (χ4n) is 7.31. The van der Waals surface area contributed by atoms with Crippen molar-refractivity contribution < 1.29 is 40.1 Å². The van der Waals surface area contributed by atoms with Crippen LogP contribution in [0, 0.1) is 10.8 Å². The number of hydrogen-bond donors (Lipinski definition) is 6. The lowest BCUT2D eigenvalue weighted by molar-refractivity contribution is -0.102. The molecule has 0 radical (unpaired) electrons. The second-order valence-corrected chi connectivity index (χ2v) is 16.4. The molecule has 0 amide bonds. The Balaban J connectivity index is 1.30. The van der Waals surface area contributed by atoms with Gasteiger partial charge in [-0.25, -0.2) is 0 Å². The van der Waals surface area contributed by atoms with Gasteiger partial charge in [0.15, 0.2) is 0 Å². The van der Waals surface area contributed by atoms with E-state index in [2.05, 4.69) is 13.8 Å². The van der Waals surface area contributed by atoms with Crippen molar-refractivity contribution in [1.82, 2.24) is 0 Å². The SMILES string of the molecule is CC1(O)C=CC(O)(CC(O)COc2ccc(C(C)(C)c3ccc(OCC(O)CC4(O)C=CC(C)(O)CC4(C)C)cc3)cc2)C(C)(C)C1. The summed E-state index contributed by atoms with van der Waals surface area (Å²) >= 11 is 0. The van der Waals surface area contributed by atoms with E-state index in [1.165, 1.54) is 0 Å². The maximum absolute atomic E-state index is 11.3. The molecular formula is C39H56O8. The molecule has 6 N–H and O–H groups in total. The summed E-state index contributed by atoms with van der Waals surface area (Å²) in [6, 6.07) is 15.5. The monoisotopic (exact) mass is 652 g/mol. The van der Waals surface area contributed by atoms with Crippen LogP contribution < -0.4 is 9.47 Å². The Morgan fingerprint density at radius 3 is 1.19 bits per heavy atom. The normalized spacial score (nSPS) is 31.3. The van der Waals surface area contributed by atoms with Gasteiger partial charge in [0, 0.05) is 29.1 Å². The molecule has 6 atom stereocenters. The zero-order valence-electron chi connectivity index (χ0n) is 29.3. The molecule has 6 unspecified atom stereocenters. The Morgan fingerprint density at radius 1 is 0.574 bits per heavy atom. The van der Waals surface area contributed by atoms with Crippen molar-refractivity contribution >= 4 is 0 Å². The largest absolute Gasteiger partial charge is 0.491 e. The highest BCUT2D eigenvalue weighted by Crippen LogP contribution is 2.47. The molecule has 2 aromatic rings. The number of aliphatic hydroxyl groups is 6. The molecule has 8 heteroatoms. The standard InChI is InChI=1S/C39H56O8/c1-33(2)25-36(7,42)17-19-38(33,44)21-29(40)23-46-31-13-9-27(10-14-31)35(5,6)28-11-15-32(16-12-28)47-24-30(41)22-39(45)20-18-37(8,43)26-34(39,3)4/h9-20,29-30,40-45H,21-26H2,1-8H3. The van der Waals surface area contributed by atoms with Crippen molar-refractivity contribution in [2.24, 2.45) is 10.8 Å². The summed E-state index contributed by atoms with van der Waals surface area (Å²) in [5.74, 6) is 1.22. The zero-order valence-corrected chi connectivity index (χ0v) is 29.3. The van der Waals surface area contributed by atoms with Crippen LogP contribution in [0.3, 0.4) is 0 Å². The predicted octanol–water partition coefficient (Wildman–Crippen LogP) is 5.21. The highest BCUT2D eigenvalue weighted by molar-refractivity contribution is 5.42. The van der Waals surface area contributed by atoms with Gasteiger partial charge in [-0.1, -0.05) is 90.1 Å². The molecule has 47 heavy (non-hydrogen) atoms. The van der Waals surface area contributed by atoms with Gasteiger partial charge in [0.05, 0.1) is 34.6 Å². The first-order valence-electron chi connectivity index (χ1n) is 16.6. The van der Waals surface area contributed by atoms with Crippen LogP contribution in [0.25, 0.3) is 0 Å². The average Bonchev–Trinajstić information content (AvgIpc) is 2.95. The Hall–Kier alpha value is -2.72.